The van der Waals surface area contributed by atoms with Crippen molar-refractivity contribution in [2.45, 2.75) is 20.3 Å². The molecule has 0 aromatic heterocycles. The monoisotopic (exact) mass is 277 g/mol. The Morgan fingerprint density at radius 3 is 2.40 bits per heavy atom. The molecule has 1 aliphatic rings. The van der Waals surface area contributed by atoms with Crippen molar-refractivity contribution in [3.63, 3.8) is 0 Å². The number of hydrogen-bond acceptors (Lipinski definition) is 3. The minimum Gasteiger partial charge on any atom is -0.493 e. The van der Waals surface area contributed by atoms with E-state index in [1.165, 1.54) is 0 Å². The first-order valence-electron chi connectivity index (χ1n) is 6.67. The van der Waals surface area contributed by atoms with Crippen LogP contribution in [-0.4, -0.2) is 41.6 Å². The number of amides is 1. The largest absolute Gasteiger partial charge is 0.493 e. The van der Waals surface area contributed by atoms with E-state index in [0.29, 0.717) is 19.7 Å². The van der Waals surface area contributed by atoms with Gasteiger partial charge in [0, 0.05) is 13.1 Å². The van der Waals surface area contributed by atoms with Crippen molar-refractivity contribution >= 4 is 11.9 Å². The Morgan fingerprint density at radius 1 is 1.25 bits per heavy atom. The average Bonchev–Trinajstić information content (AvgIpc) is 2.24. The van der Waals surface area contributed by atoms with Gasteiger partial charge in [-0.2, -0.15) is 0 Å². The fraction of sp³-hybridized carbons (Fsp3) is 0.467. The maximum Gasteiger partial charge on any atom is 0.310 e. The van der Waals surface area contributed by atoms with Gasteiger partial charge in [-0.1, -0.05) is 6.07 Å². The molecular formula is C15H19NO4. The summed E-state index contributed by atoms with van der Waals surface area (Å²) in [7, 11) is 0. The number of rotatable bonds is 5. The molecule has 20 heavy (non-hydrogen) atoms. The van der Waals surface area contributed by atoms with Crippen LogP contribution in [0.4, 0.5) is 0 Å². The lowest BCUT2D eigenvalue weighted by Crippen LogP contribution is -2.53. The van der Waals surface area contributed by atoms with Crippen molar-refractivity contribution in [3.05, 3.63) is 29.3 Å². The molecule has 1 aromatic carbocycles. The molecule has 0 aliphatic carbocycles. The molecule has 5 heteroatoms. The van der Waals surface area contributed by atoms with E-state index in [9.17, 15) is 9.59 Å². The smallest absolute Gasteiger partial charge is 0.310 e. The topological polar surface area (TPSA) is 66.8 Å². The maximum atomic E-state index is 11.8. The molecule has 0 saturated carbocycles. The number of carbonyl (C=O) groups is 2. The van der Waals surface area contributed by atoms with E-state index >= 15 is 0 Å². The van der Waals surface area contributed by atoms with Gasteiger partial charge in [0.15, 0.2) is 0 Å². The molecule has 0 bridgehead atoms. The van der Waals surface area contributed by atoms with Gasteiger partial charge in [-0.3, -0.25) is 9.59 Å². The Hall–Kier alpha value is -2.04. The first-order chi connectivity index (χ1) is 9.45. The summed E-state index contributed by atoms with van der Waals surface area (Å²) in [6.07, 6.45) is 0.277. The van der Waals surface area contributed by atoms with Crippen molar-refractivity contribution in [3.8, 4) is 5.75 Å². The summed E-state index contributed by atoms with van der Waals surface area (Å²) in [5, 5.41) is 8.75. The quantitative estimate of drug-likeness (QED) is 0.888. The number of carbonyl (C=O) groups excluding carboxylic acids is 1. The molecule has 1 heterocycles. The molecule has 5 nitrogen and oxygen atoms in total. The van der Waals surface area contributed by atoms with Crippen LogP contribution in [0.1, 0.15) is 17.5 Å². The molecule has 0 atom stereocenters. The highest BCUT2D eigenvalue weighted by molar-refractivity contribution is 5.81. The lowest BCUT2D eigenvalue weighted by molar-refractivity contribution is -0.152. The summed E-state index contributed by atoms with van der Waals surface area (Å²) in [5.41, 5.74) is 2.25. The highest BCUT2D eigenvalue weighted by Gasteiger charge is 2.35. The van der Waals surface area contributed by atoms with Crippen molar-refractivity contribution < 1.29 is 19.4 Å². The molecule has 1 amide bonds. The van der Waals surface area contributed by atoms with Crippen molar-refractivity contribution in [2.75, 3.05) is 19.7 Å². The van der Waals surface area contributed by atoms with Gasteiger partial charge in [0.05, 0.1) is 18.9 Å². The van der Waals surface area contributed by atoms with Crippen LogP contribution in [0, 0.1) is 19.8 Å². The number of likely N-dealkylation sites (tertiary alicyclic amines) is 1. The number of carboxylic acids is 1. The lowest BCUT2D eigenvalue weighted by Gasteiger charge is -2.36. The normalized spacial score (nSPS) is 14.8. The predicted molar refractivity (Wildman–Crippen MR) is 73.7 cm³/mol. The van der Waals surface area contributed by atoms with Crippen LogP contribution < -0.4 is 4.74 Å². The number of nitrogens with zero attached hydrogens (tertiary/aromatic N) is 1. The van der Waals surface area contributed by atoms with Crippen LogP contribution in [0.5, 0.6) is 5.75 Å². The van der Waals surface area contributed by atoms with E-state index in [2.05, 4.69) is 6.07 Å². The van der Waals surface area contributed by atoms with Crippen LogP contribution >= 0.6 is 0 Å². The van der Waals surface area contributed by atoms with Gasteiger partial charge < -0.3 is 14.7 Å². The van der Waals surface area contributed by atoms with Gasteiger partial charge in [0.25, 0.3) is 0 Å². The Morgan fingerprint density at radius 2 is 1.85 bits per heavy atom. The molecule has 1 N–H and O–H groups in total. The Kier molecular flexibility index (Phi) is 4.27. The van der Waals surface area contributed by atoms with Gasteiger partial charge in [-0.25, -0.2) is 0 Å². The number of hydrogen-bond donors (Lipinski definition) is 1. The van der Waals surface area contributed by atoms with Gasteiger partial charge in [-0.05, 0) is 37.1 Å². The minimum atomic E-state index is -0.833. The number of ether oxygens (including phenoxy) is 1. The molecule has 108 valence electrons. The van der Waals surface area contributed by atoms with Gasteiger partial charge in [0.1, 0.15) is 5.75 Å². The van der Waals surface area contributed by atoms with E-state index in [1.807, 2.05) is 26.0 Å². The predicted octanol–water partition coefficient (Wildman–Crippen LogP) is 1.62. The third-order valence-electron chi connectivity index (χ3n) is 3.36. The zero-order valence-electron chi connectivity index (χ0n) is 11.8. The Labute approximate surface area is 118 Å². The summed E-state index contributed by atoms with van der Waals surface area (Å²) >= 11 is 0. The van der Waals surface area contributed by atoms with E-state index < -0.39 is 11.9 Å². The summed E-state index contributed by atoms with van der Waals surface area (Å²) < 4.78 is 5.57. The Bertz CT molecular complexity index is 500. The van der Waals surface area contributed by atoms with Crippen LogP contribution in [0.15, 0.2) is 18.2 Å². The highest BCUT2D eigenvalue weighted by atomic mass is 16.5. The molecular weight excluding hydrogens is 258 g/mol. The summed E-state index contributed by atoms with van der Waals surface area (Å²) in [5.74, 6) is -0.519. The Balaban J connectivity index is 1.73. The third kappa shape index (κ3) is 3.50. The molecule has 1 saturated heterocycles. The molecule has 2 rings (SSSR count). The number of carboxylic acid groups (broad SMARTS) is 1. The van der Waals surface area contributed by atoms with Crippen LogP contribution in [0.25, 0.3) is 0 Å². The minimum absolute atomic E-state index is 0.0492. The zero-order chi connectivity index (χ0) is 14.7. The lowest BCUT2D eigenvalue weighted by atomic mass is 10.0. The SMILES string of the molecule is Cc1cc(C)cc(OCCC(=O)N2CC(C(=O)O)C2)c1. The second-order valence-electron chi connectivity index (χ2n) is 5.26. The van der Waals surface area contributed by atoms with Gasteiger partial charge in [-0.15, -0.1) is 0 Å². The highest BCUT2D eigenvalue weighted by Crippen LogP contribution is 2.18. The van der Waals surface area contributed by atoms with Crippen LogP contribution in [0.2, 0.25) is 0 Å². The standard InChI is InChI=1S/C15H19NO4/c1-10-5-11(2)7-13(6-10)20-4-3-14(17)16-8-12(9-16)15(18)19/h5-7,12H,3-4,8-9H2,1-2H3,(H,18,19). The summed E-state index contributed by atoms with van der Waals surface area (Å²) in [6, 6.07) is 5.92. The summed E-state index contributed by atoms with van der Waals surface area (Å²) in [6.45, 7) is 4.94. The fourth-order valence-corrected chi connectivity index (χ4v) is 2.27. The average molecular weight is 277 g/mol. The zero-order valence-corrected chi connectivity index (χ0v) is 11.8. The molecule has 1 aromatic rings. The van der Waals surface area contributed by atoms with Crippen molar-refractivity contribution in [1.82, 2.24) is 4.90 Å². The first-order valence-corrected chi connectivity index (χ1v) is 6.67. The summed E-state index contributed by atoms with van der Waals surface area (Å²) in [4.78, 5) is 24.0. The van der Waals surface area contributed by atoms with Gasteiger partial charge in [0.2, 0.25) is 5.91 Å². The number of aryl methyl sites for hydroxylation is 2. The number of aliphatic carboxylic acids is 1. The van der Waals surface area contributed by atoms with Crippen molar-refractivity contribution in [2.24, 2.45) is 5.92 Å². The van der Waals surface area contributed by atoms with Gasteiger partial charge >= 0.3 is 5.97 Å². The van der Waals surface area contributed by atoms with Crippen LogP contribution in [0.3, 0.4) is 0 Å². The fourth-order valence-electron chi connectivity index (χ4n) is 2.27. The van der Waals surface area contributed by atoms with Crippen LogP contribution in [-0.2, 0) is 9.59 Å². The van der Waals surface area contributed by atoms with Crippen molar-refractivity contribution in [1.29, 1.82) is 0 Å². The second kappa shape index (κ2) is 5.94. The third-order valence-corrected chi connectivity index (χ3v) is 3.36. The molecule has 1 fully saturated rings. The molecule has 0 radical (unpaired) electrons. The number of benzene rings is 1. The van der Waals surface area contributed by atoms with E-state index in [4.69, 9.17) is 9.84 Å². The molecule has 0 spiro atoms. The molecule has 0 unspecified atom stereocenters. The van der Waals surface area contributed by atoms with E-state index in [1.54, 1.807) is 4.90 Å². The van der Waals surface area contributed by atoms with E-state index in [-0.39, 0.29) is 12.3 Å². The van der Waals surface area contributed by atoms with E-state index in [0.717, 1.165) is 16.9 Å². The molecule has 1 aliphatic heterocycles. The second-order valence-corrected chi connectivity index (χ2v) is 5.26. The first kappa shape index (κ1) is 14.4. The maximum absolute atomic E-state index is 11.8.